The number of para-hydroxylation sites is 7. The Balaban J connectivity index is 1.02. The Morgan fingerprint density at radius 1 is 0.270 bits per heavy atom. The molecule has 0 N–H and O–H groups in total. The minimum Gasteiger partial charge on any atom is -0.309 e. The van der Waals surface area contributed by atoms with E-state index in [0.29, 0.717) is 0 Å². The number of aromatic nitrogens is 6. The highest BCUT2D eigenvalue weighted by molar-refractivity contribution is 6.14. The van der Waals surface area contributed by atoms with E-state index in [1.165, 1.54) is 43.7 Å². The third kappa shape index (κ3) is 4.80. The topological polar surface area (TPSA) is 37.0 Å². The molecule has 0 saturated heterocycles. The fraction of sp³-hybridized carbons (Fsp3) is 0. The SMILES string of the molecule is c1ccc(-n2c3ccccc3c3cc(-c4ccc5c(c4)c4cc(-n6c7ccccc7n7c6nc6c8ccccc8n(-c8ccccc8)c67)ccc4n5-c4ccccc4)ccc32)cc1. The van der Waals surface area contributed by atoms with Crippen LogP contribution in [0.15, 0.2) is 218 Å². The molecule has 0 atom stereocenters. The highest BCUT2D eigenvalue weighted by Crippen LogP contribution is 2.41. The highest BCUT2D eigenvalue weighted by Gasteiger charge is 2.24. The summed E-state index contributed by atoms with van der Waals surface area (Å²) >= 11 is 0. The van der Waals surface area contributed by atoms with Crippen molar-refractivity contribution < 1.29 is 0 Å². The Morgan fingerprint density at radius 2 is 0.698 bits per heavy atom. The molecule has 14 rings (SSSR count). The van der Waals surface area contributed by atoms with Crippen LogP contribution in [0.3, 0.4) is 0 Å². The minimum atomic E-state index is 0.881. The van der Waals surface area contributed by atoms with Crippen molar-refractivity contribution in [1.82, 2.24) is 27.7 Å². The molecule has 294 valence electrons. The fourth-order valence-corrected chi connectivity index (χ4v) is 10.4. The maximum Gasteiger partial charge on any atom is 0.221 e. The van der Waals surface area contributed by atoms with Crippen molar-refractivity contribution in [3.05, 3.63) is 218 Å². The molecule has 0 unspecified atom stereocenters. The van der Waals surface area contributed by atoms with Gasteiger partial charge in [-0.3, -0.25) is 13.5 Å². The summed E-state index contributed by atoms with van der Waals surface area (Å²) in [6.07, 6.45) is 0. The van der Waals surface area contributed by atoms with Gasteiger partial charge in [-0.2, -0.15) is 0 Å². The average molecular weight is 805 g/mol. The maximum atomic E-state index is 5.52. The molecule has 0 saturated carbocycles. The van der Waals surface area contributed by atoms with Gasteiger partial charge in [0.1, 0.15) is 5.52 Å². The molecule has 0 aliphatic carbocycles. The number of benzene rings is 9. The zero-order valence-corrected chi connectivity index (χ0v) is 34.0. The van der Waals surface area contributed by atoms with Gasteiger partial charge in [0, 0.05) is 49.7 Å². The smallest absolute Gasteiger partial charge is 0.221 e. The predicted octanol–water partition coefficient (Wildman–Crippen LogP) is 14.2. The molecule has 6 heteroatoms. The molecule has 0 aliphatic rings. The van der Waals surface area contributed by atoms with Gasteiger partial charge in [0.2, 0.25) is 5.78 Å². The van der Waals surface area contributed by atoms with Crippen molar-refractivity contribution in [1.29, 1.82) is 0 Å². The zero-order valence-electron chi connectivity index (χ0n) is 34.0. The Morgan fingerprint density at radius 3 is 1.30 bits per heavy atom. The normalized spacial score (nSPS) is 12.1. The molecular weight excluding hydrogens is 769 g/mol. The van der Waals surface area contributed by atoms with Crippen molar-refractivity contribution in [2.75, 3.05) is 0 Å². The van der Waals surface area contributed by atoms with Crippen LogP contribution in [0.2, 0.25) is 0 Å². The number of fused-ring (bicyclic) bond motifs is 13. The van der Waals surface area contributed by atoms with E-state index in [-0.39, 0.29) is 0 Å². The lowest BCUT2D eigenvalue weighted by Crippen LogP contribution is -1.98. The van der Waals surface area contributed by atoms with Gasteiger partial charge in [0.15, 0.2) is 5.65 Å². The molecule has 5 heterocycles. The lowest BCUT2D eigenvalue weighted by Gasteiger charge is -2.09. The molecule has 0 bridgehead atoms. The van der Waals surface area contributed by atoms with Crippen molar-refractivity contribution >= 4 is 82.5 Å². The van der Waals surface area contributed by atoms with Crippen LogP contribution >= 0.6 is 0 Å². The van der Waals surface area contributed by atoms with E-state index in [9.17, 15) is 0 Å². The van der Waals surface area contributed by atoms with Gasteiger partial charge in [-0.05, 0) is 114 Å². The van der Waals surface area contributed by atoms with E-state index in [1.54, 1.807) is 0 Å². The second kappa shape index (κ2) is 12.9. The number of hydrogen-bond donors (Lipinski definition) is 0. The van der Waals surface area contributed by atoms with Gasteiger partial charge in [-0.1, -0.05) is 115 Å². The first-order valence-corrected chi connectivity index (χ1v) is 21.5. The fourth-order valence-electron chi connectivity index (χ4n) is 10.4. The highest BCUT2D eigenvalue weighted by atomic mass is 15.3. The minimum absolute atomic E-state index is 0.881. The van der Waals surface area contributed by atoms with Gasteiger partial charge in [0.05, 0.1) is 38.6 Å². The third-order valence-electron chi connectivity index (χ3n) is 13.1. The molecule has 9 aromatic carbocycles. The molecule has 6 nitrogen and oxygen atoms in total. The van der Waals surface area contributed by atoms with E-state index in [4.69, 9.17) is 4.98 Å². The zero-order chi connectivity index (χ0) is 41.2. The molecule has 63 heavy (non-hydrogen) atoms. The van der Waals surface area contributed by atoms with Gasteiger partial charge >= 0.3 is 0 Å². The molecule has 0 fully saturated rings. The number of hydrogen-bond acceptors (Lipinski definition) is 1. The van der Waals surface area contributed by atoms with Crippen LogP contribution in [0.25, 0.3) is 116 Å². The monoisotopic (exact) mass is 804 g/mol. The first-order valence-electron chi connectivity index (χ1n) is 21.5. The lowest BCUT2D eigenvalue weighted by molar-refractivity contribution is 1.08. The molecular formula is C57H36N6. The molecule has 0 radical (unpaired) electrons. The van der Waals surface area contributed by atoms with E-state index in [2.05, 4.69) is 241 Å². The van der Waals surface area contributed by atoms with Crippen molar-refractivity contribution in [2.24, 2.45) is 0 Å². The van der Waals surface area contributed by atoms with Crippen LogP contribution < -0.4 is 0 Å². The van der Waals surface area contributed by atoms with Gasteiger partial charge in [0.25, 0.3) is 0 Å². The number of nitrogens with zero attached hydrogens (tertiary/aromatic N) is 6. The van der Waals surface area contributed by atoms with Crippen LogP contribution in [0.1, 0.15) is 0 Å². The van der Waals surface area contributed by atoms with Gasteiger partial charge in [-0.25, -0.2) is 4.98 Å². The van der Waals surface area contributed by atoms with E-state index >= 15 is 0 Å². The van der Waals surface area contributed by atoms with Crippen LogP contribution in [-0.4, -0.2) is 27.7 Å². The molecule has 5 aromatic heterocycles. The second-order valence-corrected chi connectivity index (χ2v) is 16.5. The summed E-state index contributed by atoms with van der Waals surface area (Å²) in [5.74, 6) is 0.881. The Bertz CT molecular complexity index is 4120. The second-order valence-electron chi connectivity index (χ2n) is 16.5. The summed E-state index contributed by atoms with van der Waals surface area (Å²) in [4.78, 5) is 5.52. The van der Waals surface area contributed by atoms with Crippen LogP contribution in [-0.2, 0) is 0 Å². The van der Waals surface area contributed by atoms with Crippen molar-refractivity contribution in [3.63, 3.8) is 0 Å². The number of imidazole rings is 2. The van der Waals surface area contributed by atoms with Crippen LogP contribution in [0, 0.1) is 0 Å². The quantitative estimate of drug-likeness (QED) is 0.171. The van der Waals surface area contributed by atoms with Crippen molar-refractivity contribution in [3.8, 4) is 33.9 Å². The summed E-state index contributed by atoms with van der Waals surface area (Å²) < 4.78 is 11.8. The van der Waals surface area contributed by atoms with Gasteiger partial charge in [-0.15, -0.1) is 0 Å². The Labute approximate surface area is 361 Å². The standard InChI is InChI=1S/C57H36N6/c1-4-16-39(17-5-1)59-48-24-12-10-22-43(48)45-34-37(28-31-50(45)59)38-29-32-51-46(35-38)47-36-42(30-33-52(47)60(51)40-18-6-2-7-19-40)62-53-26-14-15-27-54(53)63-56-55(58-57(62)63)44-23-11-13-25-49(44)61(56)41-20-8-3-9-21-41/h1-36H. The number of rotatable bonds is 5. The molecule has 0 spiro atoms. The predicted molar refractivity (Wildman–Crippen MR) is 260 cm³/mol. The summed E-state index contributed by atoms with van der Waals surface area (Å²) in [6.45, 7) is 0. The maximum absolute atomic E-state index is 5.52. The first kappa shape index (κ1) is 34.1. The summed E-state index contributed by atoms with van der Waals surface area (Å²) in [5, 5.41) is 6.00. The van der Waals surface area contributed by atoms with Gasteiger partial charge < -0.3 is 9.13 Å². The average Bonchev–Trinajstić information content (AvgIpc) is 4.14. The summed E-state index contributed by atoms with van der Waals surface area (Å²) in [7, 11) is 0. The largest absolute Gasteiger partial charge is 0.309 e. The van der Waals surface area contributed by atoms with E-state index in [1.807, 2.05) is 0 Å². The van der Waals surface area contributed by atoms with E-state index in [0.717, 1.165) is 72.7 Å². The van der Waals surface area contributed by atoms with Crippen molar-refractivity contribution in [2.45, 2.75) is 0 Å². The molecule has 14 aromatic rings. The summed E-state index contributed by atoms with van der Waals surface area (Å²) in [5.41, 5.74) is 16.9. The Hall–Kier alpha value is -8.61. The molecule has 0 aliphatic heterocycles. The summed E-state index contributed by atoms with van der Waals surface area (Å²) in [6, 6.07) is 78.9. The lowest BCUT2D eigenvalue weighted by atomic mass is 10.0. The Kier molecular flexibility index (Phi) is 7.02. The first-order chi connectivity index (χ1) is 31.3. The third-order valence-corrected chi connectivity index (χ3v) is 13.1. The molecule has 0 amide bonds. The van der Waals surface area contributed by atoms with E-state index < -0.39 is 0 Å². The van der Waals surface area contributed by atoms with Crippen LogP contribution in [0.5, 0.6) is 0 Å². The van der Waals surface area contributed by atoms with Crippen LogP contribution in [0.4, 0.5) is 0 Å².